The highest BCUT2D eigenvalue weighted by Crippen LogP contribution is 2.38. The number of halogens is 3. The van der Waals surface area contributed by atoms with Crippen LogP contribution in [0.25, 0.3) is 0 Å². The number of hydrogen-bond acceptors (Lipinski definition) is 3. The van der Waals surface area contributed by atoms with Crippen LogP contribution in [0.3, 0.4) is 0 Å². The van der Waals surface area contributed by atoms with Gasteiger partial charge in [-0.1, -0.05) is 57.3 Å². The summed E-state index contributed by atoms with van der Waals surface area (Å²) < 4.78 is 25.2. The van der Waals surface area contributed by atoms with Crippen LogP contribution in [0.5, 0.6) is 0 Å². The lowest BCUT2D eigenvalue weighted by Crippen LogP contribution is -2.48. The summed E-state index contributed by atoms with van der Waals surface area (Å²) in [5.74, 6) is 0.927. The predicted molar refractivity (Wildman–Crippen MR) is 149 cm³/mol. The summed E-state index contributed by atoms with van der Waals surface area (Å²) in [4.78, 5) is 2.30. The fourth-order valence-electron chi connectivity index (χ4n) is 5.67. The Hall–Kier alpha value is -1.93. The largest absolute Gasteiger partial charge is 0.365 e. The zero-order chi connectivity index (χ0) is 25.2. The van der Waals surface area contributed by atoms with Gasteiger partial charge in [0.25, 0.3) is 0 Å². The quantitative estimate of drug-likeness (QED) is 0.269. The van der Waals surface area contributed by atoms with Gasteiger partial charge in [-0.05, 0) is 79.1 Å². The molecule has 35 heavy (non-hydrogen) atoms. The van der Waals surface area contributed by atoms with E-state index in [4.69, 9.17) is 0 Å². The van der Waals surface area contributed by atoms with E-state index >= 15 is 0 Å². The smallest absolute Gasteiger partial charge is 0.321 e. The Bertz CT molecular complexity index is 1070. The molecule has 0 amide bonds. The minimum absolute atomic E-state index is 0.0686. The SMILES string of the molecule is C=C1CC(c2cccc(Cc3cc(C(F)(F)I)ccc3CC)c2CC)NC(=C)N1C1CCNCC1. The van der Waals surface area contributed by atoms with Crippen molar-refractivity contribution in [3.05, 3.63) is 94.5 Å². The van der Waals surface area contributed by atoms with Crippen molar-refractivity contribution in [1.29, 1.82) is 0 Å². The zero-order valence-corrected chi connectivity index (χ0v) is 22.9. The highest BCUT2D eigenvalue weighted by atomic mass is 127. The summed E-state index contributed by atoms with van der Waals surface area (Å²) in [6, 6.07) is 12.1. The van der Waals surface area contributed by atoms with Gasteiger partial charge in [0.05, 0.1) is 11.9 Å². The van der Waals surface area contributed by atoms with Crippen LogP contribution in [-0.4, -0.2) is 24.0 Å². The van der Waals surface area contributed by atoms with Crippen LogP contribution >= 0.6 is 22.6 Å². The first-order valence-corrected chi connectivity index (χ1v) is 13.7. The first kappa shape index (κ1) is 26.1. The molecule has 2 aliphatic heterocycles. The van der Waals surface area contributed by atoms with Gasteiger partial charge in [-0.25, -0.2) is 0 Å². The predicted octanol–water partition coefficient (Wildman–Crippen LogP) is 6.96. The number of hydrogen-bond donors (Lipinski definition) is 2. The maximum Gasteiger partial charge on any atom is 0.321 e. The lowest BCUT2D eigenvalue weighted by molar-refractivity contribution is 0.127. The molecule has 2 fully saturated rings. The molecule has 2 aromatic rings. The first-order valence-electron chi connectivity index (χ1n) is 12.7. The van der Waals surface area contributed by atoms with E-state index in [1.54, 1.807) is 12.1 Å². The van der Waals surface area contributed by atoms with Gasteiger partial charge in [0.2, 0.25) is 0 Å². The molecule has 2 heterocycles. The summed E-state index contributed by atoms with van der Waals surface area (Å²) in [5, 5.41) is 7.11. The van der Waals surface area contributed by atoms with Gasteiger partial charge < -0.3 is 15.5 Å². The number of piperidine rings is 1. The van der Waals surface area contributed by atoms with Gasteiger partial charge >= 0.3 is 3.93 Å². The topological polar surface area (TPSA) is 27.3 Å². The molecule has 0 radical (unpaired) electrons. The third kappa shape index (κ3) is 5.74. The molecular formula is C29H36F2IN3. The molecule has 2 aromatic carbocycles. The second kappa shape index (κ2) is 11.0. The molecule has 0 bridgehead atoms. The molecule has 4 rings (SSSR count). The Balaban J connectivity index is 1.61. The van der Waals surface area contributed by atoms with Gasteiger partial charge in [-0.15, -0.1) is 0 Å². The highest BCUT2D eigenvalue weighted by molar-refractivity contribution is 14.1. The van der Waals surface area contributed by atoms with Gasteiger partial charge in [0, 0.05) is 46.3 Å². The van der Waals surface area contributed by atoms with Crippen LogP contribution in [0.4, 0.5) is 8.78 Å². The van der Waals surface area contributed by atoms with Crippen molar-refractivity contribution < 1.29 is 8.78 Å². The van der Waals surface area contributed by atoms with Crippen molar-refractivity contribution in [3.8, 4) is 0 Å². The van der Waals surface area contributed by atoms with Crippen LogP contribution in [0.1, 0.15) is 72.5 Å². The van der Waals surface area contributed by atoms with E-state index in [1.165, 1.54) is 39.3 Å². The second-order valence-corrected chi connectivity index (χ2v) is 11.0. The minimum atomic E-state index is -2.87. The maximum absolute atomic E-state index is 14.1. The van der Waals surface area contributed by atoms with E-state index in [2.05, 4.69) is 60.7 Å². The second-order valence-electron chi connectivity index (χ2n) is 9.62. The van der Waals surface area contributed by atoms with Gasteiger partial charge in [-0.2, -0.15) is 8.78 Å². The highest BCUT2D eigenvalue weighted by Gasteiger charge is 2.32. The monoisotopic (exact) mass is 591 g/mol. The Morgan fingerprint density at radius 3 is 2.40 bits per heavy atom. The molecule has 6 heteroatoms. The molecule has 2 N–H and O–H groups in total. The fourth-order valence-corrected chi connectivity index (χ4v) is 6.01. The fraction of sp³-hybridized carbons (Fsp3) is 0.448. The van der Waals surface area contributed by atoms with Gasteiger partial charge in [0.15, 0.2) is 0 Å². The van der Waals surface area contributed by atoms with E-state index in [0.717, 1.165) is 67.8 Å². The van der Waals surface area contributed by atoms with Crippen molar-refractivity contribution in [2.75, 3.05) is 13.1 Å². The van der Waals surface area contributed by atoms with Crippen LogP contribution in [0.2, 0.25) is 0 Å². The minimum Gasteiger partial charge on any atom is -0.365 e. The number of nitrogens with one attached hydrogen (secondary N) is 2. The van der Waals surface area contributed by atoms with E-state index < -0.39 is 3.93 Å². The number of aryl methyl sites for hydroxylation is 1. The average Bonchev–Trinajstić information content (AvgIpc) is 2.83. The zero-order valence-electron chi connectivity index (χ0n) is 20.8. The average molecular weight is 592 g/mol. The molecular weight excluding hydrogens is 555 g/mol. The summed E-state index contributed by atoms with van der Waals surface area (Å²) in [6.07, 6.45) is 5.36. The van der Waals surface area contributed by atoms with Crippen LogP contribution < -0.4 is 10.6 Å². The lowest BCUT2D eigenvalue weighted by atomic mass is 9.87. The van der Waals surface area contributed by atoms with Crippen molar-refractivity contribution >= 4 is 22.6 Å². The van der Waals surface area contributed by atoms with E-state index in [0.29, 0.717) is 12.5 Å². The molecule has 0 aliphatic carbocycles. The van der Waals surface area contributed by atoms with Crippen LogP contribution in [0.15, 0.2) is 61.1 Å². The summed E-state index contributed by atoms with van der Waals surface area (Å²) in [5.41, 5.74) is 7.03. The Kier molecular flexibility index (Phi) is 8.21. The summed E-state index contributed by atoms with van der Waals surface area (Å²) in [7, 11) is 0. The number of nitrogens with zero attached hydrogens (tertiary/aromatic N) is 1. The third-order valence-corrected chi connectivity index (χ3v) is 8.04. The first-order chi connectivity index (χ1) is 16.7. The van der Waals surface area contributed by atoms with Gasteiger partial charge in [-0.3, -0.25) is 0 Å². The van der Waals surface area contributed by atoms with E-state index in [-0.39, 0.29) is 11.6 Å². The Morgan fingerprint density at radius 1 is 1.03 bits per heavy atom. The van der Waals surface area contributed by atoms with Crippen molar-refractivity contribution in [1.82, 2.24) is 15.5 Å². The Labute approximate surface area is 222 Å². The number of benzene rings is 2. The Morgan fingerprint density at radius 2 is 1.77 bits per heavy atom. The molecule has 2 saturated heterocycles. The number of rotatable bonds is 7. The van der Waals surface area contributed by atoms with Crippen molar-refractivity contribution in [2.24, 2.45) is 0 Å². The molecule has 1 unspecified atom stereocenters. The maximum atomic E-state index is 14.1. The summed E-state index contributed by atoms with van der Waals surface area (Å²) >= 11 is 1.22. The lowest BCUT2D eigenvalue weighted by Gasteiger charge is -2.44. The van der Waals surface area contributed by atoms with Crippen LogP contribution in [-0.2, 0) is 23.2 Å². The van der Waals surface area contributed by atoms with E-state index in [9.17, 15) is 8.78 Å². The van der Waals surface area contributed by atoms with E-state index in [1.807, 2.05) is 6.07 Å². The van der Waals surface area contributed by atoms with Crippen molar-refractivity contribution in [3.63, 3.8) is 0 Å². The molecule has 2 aliphatic rings. The van der Waals surface area contributed by atoms with Gasteiger partial charge in [0.1, 0.15) is 0 Å². The molecule has 1 atom stereocenters. The molecule has 188 valence electrons. The van der Waals surface area contributed by atoms with Crippen molar-refractivity contribution in [2.45, 2.75) is 68.4 Å². The normalized spacial score (nSPS) is 19.7. The number of alkyl halides is 3. The standard InChI is InChI=1S/C29H36F2IN3/c1-5-21-10-11-24(29(30,31)32)18-23(21)17-22-8-7-9-27(26(22)6-2)28-16-19(3)35(20(4)34-28)25-12-14-33-15-13-25/h7-11,18,25,28,33-34H,3-6,12-17H2,1-2H3. The molecule has 3 nitrogen and oxygen atoms in total. The summed E-state index contributed by atoms with van der Waals surface area (Å²) in [6.45, 7) is 15.1. The molecule has 0 saturated carbocycles. The molecule has 0 aromatic heterocycles. The molecule has 0 spiro atoms. The third-order valence-electron chi connectivity index (χ3n) is 7.42. The van der Waals surface area contributed by atoms with Crippen LogP contribution in [0, 0.1) is 0 Å².